The molecule has 1 N–H and O–H groups in total. The van der Waals surface area contributed by atoms with Crippen LogP contribution in [-0.2, 0) is 16.1 Å². The van der Waals surface area contributed by atoms with Crippen molar-refractivity contribution in [1.29, 1.82) is 0 Å². The molecule has 1 aliphatic heterocycles. The number of nitrogens with zero attached hydrogens (tertiary/aromatic N) is 1. The van der Waals surface area contributed by atoms with Crippen molar-refractivity contribution in [2.45, 2.75) is 32.8 Å². The van der Waals surface area contributed by atoms with E-state index in [2.05, 4.69) is 12.2 Å². The first kappa shape index (κ1) is 19.8. The number of benzene rings is 1. The second-order valence-electron chi connectivity index (χ2n) is 6.36. The molecular weight excluding hydrogens is 332 g/mol. The smallest absolute Gasteiger partial charge is 0.407 e. The van der Waals surface area contributed by atoms with E-state index in [0.29, 0.717) is 19.6 Å². The monoisotopic (exact) mass is 360 g/mol. The van der Waals surface area contributed by atoms with E-state index in [4.69, 9.17) is 9.47 Å². The van der Waals surface area contributed by atoms with Crippen molar-refractivity contribution in [3.63, 3.8) is 0 Å². The van der Waals surface area contributed by atoms with E-state index in [0.717, 1.165) is 30.6 Å². The van der Waals surface area contributed by atoms with Crippen LogP contribution < -0.4 is 10.1 Å². The number of ether oxygens (including phenoxy) is 2. The van der Waals surface area contributed by atoms with Crippen LogP contribution in [0.15, 0.2) is 36.4 Å². The second kappa shape index (κ2) is 10.5. The van der Waals surface area contributed by atoms with Gasteiger partial charge in [-0.25, -0.2) is 4.79 Å². The lowest BCUT2D eigenvalue weighted by molar-refractivity contribution is -0.134. The number of hydrogen-bond acceptors (Lipinski definition) is 4. The molecule has 0 fully saturated rings. The summed E-state index contributed by atoms with van der Waals surface area (Å²) in [7, 11) is 1.60. The fraction of sp³-hybridized carbons (Fsp3) is 0.500. The van der Waals surface area contributed by atoms with Crippen LogP contribution in [0.25, 0.3) is 0 Å². The summed E-state index contributed by atoms with van der Waals surface area (Å²) >= 11 is 0. The van der Waals surface area contributed by atoms with Gasteiger partial charge in [0.15, 0.2) is 0 Å². The van der Waals surface area contributed by atoms with E-state index in [9.17, 15) is 9.59 Å². The Kier molecular flexibility index (Phi) is 7.99. The molecule has 0 saturated heterocycles. The minimum atomic E-state index is -0.505. The van der Waals surface area contributed by atoms with Crippen molar-refractivity contribution in [2.24, 2.45) is 5.92 Å². The Bertz CT molecular complexity index is 605. The number of nitrogens with one attached hydrogen (secondary N) is 1. The summed E-state index contributed by atoms with van der Waals surface area (Å²) in [5.74, 6) is 0.647. The van der Waals surface area contributed by atoms with Crippen LogP contribution in [0.1, 0.15) is 31.7 Å². The van der Waals surface area contributed by atoms with Gasteiger partial charge in [0.2, 0.25) is 5.91 Å². The minimum absolute atomic E-state index is 0.0962. The molecule has 0 radical (unpaired) electrons. The number of methoxy groups -OCH3 is 1. The first-order valence-electron chi connectivity index (χ1n) is 9.11. The van der Waals surface area contributed by atoms with Gasteiger partial charge in [0.25, 0.3) is 0 Å². The molecule has 2 amide bonds. The topological polar surface area (TPSA) is 67.9 Å². The number of hydrogen-bond donors (Lipinski definition) is 1. The molecule has 1 aromatic carbocycles. The van der Waals surface area contributed by atoms with Crippen molar-refractivity contribution in [1.82, 2.24) is 10.2 Å². The summed E-state index contributed by atoms with van der Waals surface area (Å²) in [6.45, 7) is 3.89. The predicted octanol–water partition coefficient (Wildman–Crippen LogP) is 3.13. The zero-order valence-corrected chi connectivity index (χ0v) is 15.6. The number of carbonyl (C=O) groups excluding carboxylic acids is 2. The largest absolute Gasteiger partial charge is 0.497 e. The maximum absolute atomic E-state index is 12.6. The molecule has 0 aliphatic carbocycles. The third-order valence-electron chi connectivity index (χ3n) is 4.41. The van der Waals surface area contributed by atoms with E-state index in [1.807, 2.05) is 41.3 Å². The van der Waals surface area contributed by atoms with Crippen molar-refractivity contribution in [3.8, 4) is 5.75 Å². The zero-order chi connectivity index (χ0) is 18.8. The van der Waals surface area contributed by atoms with Gasteiger partial charge in [-0.05, 0) is 24.1 Å². The summed E-state index contributed by atoms with van der Waals surface area (Å²) < 4.78 is 10.3. The van der Waals surface area contributed by atoms with Gasteiger partial charge >= 0.3 is 6.09 Å². The van der Waals surface area contributed by atoms with E-state index in [1.54, 1.807) is 7.11 Å². The molecule has 0 spiro atoms. The average molecular weight is 360 g/mol. The van der Waals surface area contributed by atoms with Crippen molar-refractivity contribution >= 4 is 12.0 Å². The highest BCUT2D eigenvalue weighted by Gasteiger charge is 2.24. The number of unbranched alkanes of at least 4 members (excludes halogenated alkanes) is 1. The summed E-state index contributed by atoms with van der Waals surface area (Å²) in [6, 6.07) is 7.33. The molecule has 0 unspecified atom stereocenters. The van der Waals surface area contributed by atoms with Crippen LogP contribution in [-0.4, -0.2) is 43.6 Å². The lowest BCUT2D eigenvalue weighted by Crippen LogP contribution is -2.40. The Hall–Kier alpha value is -2.50. The van der Waals surface area contributed by atoms with Gasteiger partial charge in [-0.2, -0.15) is 0 Å². The molecule has 1 heterocycles. The maximum Gasteiger partial charge on any atom is 0.407 e. The standard InChI is InChI=1S/C20H28N2O4/c1-3-4-7-17(19(23)22-12-5-6-13-22)14-21-20(24)26-15-16-8-10-18(25-2)11-9-16/h5-6,8-11,17H,3-4,7,12-15H2,1-2H3,(H,21,24)/t17-/m1/s1. The van der Waals surface area contributed by atoms with Crippen molar-refractivity contribution in [2.75, 3.05) is 26.7 Å². The van der Waals surface area contributed by atoms with E-state index < -0.39 is 6.09 Å². The Morgan fingerprint density at radius 3 is 2.50 bits per heavy atom. The molecule has 0 aromatic heterocycles. The number of amides is 2. The van der Waals surface area contributed by atoms with Crippen LogP contribution in [0, 0.1) is 5.92 Å². The molecule has 6 nitrogen and oxygen atoms in total. The number of alkyl carbamates (subject to hydrolysis) is 1. The van der Waals surface area contributed by atoms with E-state index >= 15 is 0 Å². The summed E-state index contributed by atoms with van der Waals surface area (Å²) in [5.41, 5.74) is 0.878. The fourth-order valence-electron chi connectivity index (χ4n) is 2.81. The van der Waals surface area contributed by atoms with Crippen LogP contribution in [0.2, 0.25) is 0 Å². The van der Waals surface area contributed by atoms with E-state index in [1.165, 1.54) is 0 Å². The van der Waals surface area contributed by atoms with Gasteiger partial charge in [0, 0.05) is 19.6 Å². The molecular formula is C20H28N2O4. The molecule has 6 heteroatoms. The Morgan fingerprint density at radius 2 is 1.88 bits per heavy atom. The number of rotatable bonds is 9. The highest BCUT2D eigenvalue weighted by atomic mass is 16.5. The molecule has 0 saturated carbocycles. The van der Waals surface area contributed by atoms with Crippen molar-refractivity contribution in [3.05, 3.63) is 42.0 Å². The summed E-state index contributed by atoms with van der Waals surface area (Å²) in [5, 5.41) is 2.74. The molecule has 1 aliphatic rings. The quantitative estimate of drug-likeness (QED) is 0.687. The third kappa shape index (κ3) is 6.10. The SMILES string of the molecule is CCCC[C@H](CNC(=O)OCc1ccc(OC)cc1)C(=O)N1CC=CC1. The van der Waals surface area contributed by atoms with Crippen LogP contribution in [0.5, 0.6) is 5.75 Å². The molecule has 142 valence electrons. The Morgan fingerprint density at radius 1 is 1.19 bits per heavy atom. The van der Waals surface area contributed by atoms with Gasteiger partial charge in [-0.3, -0.25) is 4.79 Å². The van der Waals surface area contributed by atoms with Gasteiger partial charge in [-0.1, -0.05) is 44.1 Å². The third-order valence-corrected chi connectivity index (χ3v) is 4.41. The first-order valence-corrected chi connectivity index (χ1v) is 9.11. The molecule has 2 rings (SSSR count). The fourth-order valence-corrected chi connectivity index (χ4v) is 2.81. The second-order valence-corrected chi connectivity index (χ2v) is 6.36. The van der Waals surface area contributed by atoms with Crippen LogP contribution in [0.3, 0.4) is 0 Å². The van der Waals surface area contributed by atoms with Gasteiger partial charge in [0.05, 0.1) is 13.0 Å². The Balaban J connectivity index is 1.78. The molecule has 1 aromatic rings. The normalized spacial score (nSPS) is 14.2. The highest BCUT2D eigenvalue weighted by Crippen LogP contribution is 2.14. The molecule has 26 heavy (non-hydrogen) atoms. The predicted molar refractivity (Wildman–Crippen MR) is 99.9 cm³/mol. The zero-order valence-electron chi connectivity index (χ0n) is 15.6. The first-order chi connectivity index (χ1) is 12.6. The summed E-state index contributed by atoms with van der Waals surface area (Å²) in [4.78, 5) is 26.4. The minimum Gasteiger partial charge on any atom is -0.497 e. The van der Waals surface area contributed by atoms with Crippen LogP contribution in [0.4, 0.5) is 4.79 Å². The molecule has 1 atom stereocenters. The lowest BCUT2D eigenvalue weighted by atomic mass is 10.0. The molecule has 0 bridgehead atoms. The van der Waals surface area contributed by atoms with E-state index in [-0.39, 0.29) is 18.4 Å². The Labute approximate surface area is 155 Å². The van der Waals surface area contributed by atoms with Gasteiger partial charge in [-0.15, -0.1) is 0 Å². The van der Waals surface area contributed by atoms with Gasteiger partial charge < -0.3 is 19.7 Å². The van der Waals surface area contributed by atoms with Crippen molar-refractivity contribution < 1.29 is 19.1 Å². The summed E-state index contributed by atoms with van der Waals surface area (Å²) in [6.07, 6.45) is 6.22. The van der Waals surface area contributed by atoms with Crippen LogP contribution >= 0.6 is 0 Å². The number of carbonyl (C=O) groups is 2. The maximum atomic E-state index is 12.6. The highest BCUT2D eigenvalue weighted by molar-refractivity contribution is 5.80. The average Bonchev–Trinajstić information content (AvgIpc) is 3.21. The lowest BCUT2D eigenvalue weighted by Gasteiger charge is -2.23. The van der Waals surface area contributed by atoms with Gasteiger partial charge in [0.1, 0.15) is 12.4 Å².